The molecule has 6 unspecified atom stereocenters. The molecule has 8 heteroatoms. The lowest BCUT2D eigenvalue weighted by Crippen LogP contribution is -2.55. The molecule has 2 rings (SSSR count). The van der Waals surface area contributed by atoms with Crippen LogP contribution in [0.25, 0.3) is 0 Å². The number of benzene rings is 1. The van der Waals surface area contributed by atoms with Crippen LogP contribution >= 0.6 is 0 Å². The number of carbonyl (C=O) groups excluding carboxylic acids is 1. The average molecular weight is 383 g/mol. The van der Waals surface area contributed by atoms with E-state index in [4.69, 9.17) is 9.47 Å². The van der Waals surface area contributed by atoms with Gasteiger partial charge in [-0.25, -0.2) is 0 Å². The number of hydrogen-bond donors (Lipinski definition) is 5. The molecule has 0 spiro atoms. The Hall–Kier alpha value is -1.71. The van der Waals surface area contributed by atoms with Crippen molar-refractivity contribution in [3.05, 3.63) is 29.8 Å². The molecule has 0 saturated carbocycles. The zero-order chi connectivity index (χ0) is 20.0. The maximum absolute atomic E-state index is 12.3. The van der Waals surface area contributed by atoms with Crippen LogP contribution in [-0.4, -0.2) is 76.1 Å². The molecule has 0 aliphatic carbocycles. The van der Waals surface area contributed by atoms with E-state index in [1.807, 2.05) is 6.92 Å². The zero-order valence-electron chi connectivity index (χ0n) is 15.6. The minimum atomic E-state index is -1.26. The fraction of sp³-hybridized carbons (Fsp3) is 0.632. The molecule has 1 aromatic carbocycles. The molecule has 1 aliphatic rings. The Balaban J connectivity index is 1.98. The Morgan fingerprint density at radius 2 is 1.93 bits per heavy atom. The molecule has 6 atom stereocenters. The van der Waals surface area contributed by atoms with Gasteiger partial charge in [0.2, 0.25) is 0 Å². The van der Waals surface area contributed by atoms with Gasteiger partial charge in [-0.2, -0.15) is 0 Å². The smallest absolute Gasteiger partial charge is 0.323 e. The minimum Gasteiger partial charge on any atom is -0.508 e. The van der Waals surface area contributed by atoms with Crippen LogP contribution in [-0.2, 0) is 20.7 Å². The number of phenolic OH excluding ortho intramolecular Hbond substituents is 1. The Kier molecular flexibility index (Phi) is 8.00. The molecule has 1 saturated heterocycles. The van der Waals surface area contributed by atoms with Crippen molar-refractivity contribution in [3.8, 4) is 5.75 Å². The molecule has 5 N–H and O–H groups in total. The van der Waals surface area contributed by atoms with E-state index in [2.05, 4.69) is 5.32 Å². The summed E-state index contributed by atoms with van der Waals surface area (Å²) in [6.45, 7) is 3.79. The van der Waals surface area contributed by atoms with Gasteiger partial charge in [-0.05, 0) is 44.4 Å². The van der Waals surface area contributed by atoms with E-state index in [0.29, 0.717) is 12.8 Å². The number of ether oxygens (including phenoxy) is 2. The SMILES string of the molecule is CCOC(=O)C(Cc1ccc(O)cc1)NC(C)CC1OCC(O)C(O)C1O. The van der Waals surface area contributed by atoms with Gasteiger partial charge in [0.05, 0.1) is 19.3 Å². The molecule has 27 heavy (non-hydrogen) atoms. The lowest BCUT2D eigenvalue weighted by Gasteiger charge is -2.37. The highest BCUT2D eigenvalue weighted by Gasteiger charge is 2.38. The van der Waals surface area contributed by atoms with Gasteiger partial charge < -0.3 is 35.2 Å². The van der Waals surface area contributed by atoms with Gasteiger partial charge in [-0.15, -0.1) is 0 Å². The van der Waals surface area contributed by atoms with Crippen molar-refractivity contribution in [2.24, 2.45) is 0 Å². The highest BCUT2D eigenvalue weighted by Crippen LogP contribution is 2.20. The Morgan fingerprint density at radius 3 is 2.56 bits per heavy atom. The largest absolute Gasteiger partial charge is 0.508 e. The fourth-order valence-electron chi connectivity index (χ4n) is 3.16. The summed E-state index contributed by atoms with van der Waals surface area (Å²) in [5.41, 5.74) is 0.859. The summed E-state index contributed by atoms with van der Waals surface area (Å²) in [5, 5.41) is 42.0. The second kappa shape index (κ2) is 10.0. The summed E-state index contributed by atoms with van der Waals surface area (Å²) < 4.78 is 10.6. The monoisotopic (exact) mass is 383 g/mol. The molecule has 0 amide bonds. The third-order valence-electron chi connectivity index (χ3n) is 4.62. The highest BCUT2D eigenvalue weighted by molar-refractivity contribution is 5.76. The van der Waals surface area contributed by atoms with E-state index in [-0.39, 0.29) is 25.0 Å². The second-order valence-electron chi connectivity index (χ2n) is 6.90. The number of aliphatic hydroxyl groups is 3. The number of hydrogen-bond acceptors (Lipinski definition) is 8. The van der Waals surface area contributed by atoms with Gasteiger partial charge in [-0.1, -0.05) is 12.1 Å². The van der Waals surface area contributed by atoms with Crippen molar-refractivity contribution in [3.63, 3.8) is 0 Å². The third-order valence-corrected chi connectivity index (χ3v) is 4.62. The van der Waals surface area contributed by atoms with Crippen molar-refractivity contribution in [2.45, 2.75) is 63.2 Å². The molecule has 1 aromatic rings. The number of aromatic hydroxyl groups is 1. The number of aliphatic hydroxyl groups excluding tert-OH is 3. The van der Waals surface area contributed by atoms with Crippen molar-refractivity contribution < 1.29 is 34.7 Å². The number of esters is 1. The first-order chi connectivity index (χ1) is 12.8. The summed E-state index contributed by atoms with van der Waals surface area (Å²) >= 11 is 0. The van der Waals surface area contributed by atoms with Gasteiger partial charge in [0.15, 0.2) is 0 Å². The molecule has 0 aromatic heterocycles. The van der Waals surface area contributed by atoms with E-state index in [1.165, 1.54) is 0 Å². The predicted molar refractivity (Wildman–Crippen MR) is 97.2 cm³/mol. The maximum atomic E-state index is 12.3. The first kappa shape index (κ1) is 21.6. The van der Waals surface area contributed by atoms with Crippen LogP contribution in [0.1, 0.15) is 25.8 Å². The molecule has 1 aliphatic heterocycles. The van der Waals surface area contributed by atoms with Crippen LogP contribution in [0.15, 0.2) is 24.3 Å². The van der Waals surface area contributed by atoms with E-state index in [0.717, 1.165) is 5.56 Å². The normalized spacial score (nSPS) is 27.7. The highest BCUT2D eigenvalue weighted by atomic mass is 16.5. The maximum Gasteiger partial charge on any atom is 0.323 e. The van der Waals surface area contributed by atoms with Crippen LogP contribution < -0.4 is 5.32 Å². The van der Waals surface area contributed by atoms with Gasteiger partial charge >= 0.3 is 5.97 Å². The van der Waals surface area contributed by atoms with Gasteiger partial charge in [0.1, 0.15) is 30.1 Å². The second-order valence-corrected chi connectivity index (χ2v) is 6.90. The number of carbonyl (C=O) groups is 1. The minimum absolute atomic E-state index is 0.0512. The lowest BCUT2D eigenvalue weighted by atomic mass is 9.95. The van der Waals surface area contributed by atoms with Crippen LogP contribution in [0, 0.1) is 0 Å². The first-order valence-corrected chi connectivity index (χ1v) is 9.18. The molecule has 1 heterocycles. The molecule has 0 bridgehead atoms. The van der Waals surface area contributed by atoms with Crippen molar-refractivity contribution in [1.82, 2.24) is 5.32 Å². The Bertz CT molecular complexity index is 594. The molecule has 1 fully saturated rings. The van der Waals surface area contributed by atoms with E-state index < -0.39 is 36.4 Å². The summed E-state index contributed by atoms with van der Waals surface area (Å²) in [4.78, 5) is 12.3. The molecule has 8 nitrogen and oxygen atoms in total. The standard InChI is InChI=1S/C19H29NO7/c1-3-26-19(25)14(9-12-4-6-13(21)7-5-12)20-11(2)8-16-18(24)17(23)15(22)10-27-16/h4-7,11,14-18,20-24H,3,8-10H2,1-2H3. The van der Waals surface area contributed by atoms with Crippen molar-refractivity contribution in [2.75, 3.05) is 13.2 Å². The summed E-state index contributed by atoms with van der Waals surface area (Å²) in [6.07, 6.45) is -3.50. The van der Waals surface area contributed by atoms with Crippen molar-refractivity contribution in [1.29, 1.82) is 0 Å². The number of phenols is 1. The van der Waals surface area contributed by atoms with Crippen LogP contribution in [0.5, 0.6) is 5.75 Å². The zero-order valence-corrected chi connectivity index (χ0v) is 15.6. The summed E-state index contributed by atoms with van der Waals surface area (Å²) in [5.74, 6) is -0.241. The van der Waals surface area contributed by atoms with Crippen molar-refractivity contribution >= 4 is 5.97 Å². The Labute approximate surface area is 158 Å². The van der Waals surface area contributed by atoms with E-state index >= 15 is 0 Å². The van der Waals surface area contributed by atoms with Crippen LogP contribution in [0.3, 0.4) is 0 Å². The van der Waals surface area contributed by atoms with Crippen LogP contribution in [0.2, 0.25) is 0 Å². The molecule has 0 radical (unpaired) electrons. The van der Waals surface area contributed by atoms with E-state index in [1.54, 1.807) is 31.2 Å². The van der Waals surface area contributed by atoms with E-state index in [9.17, 15) is 25.2 Å². The molecular weight excluding hydrogens is 354 g/mol. The quantitative estimate of drug-likeness (QED) is 0.388. The van der Waals surface area contributed by atoms with Gasteiger partial charge in [0.25, 0.3) is 0 Å². The number of nitrogens with one attached hydrogen (secondary N) is 1. The number of rotatable bonds is 8. The Morgan fingerprint density at radius 1 is 1.26 bits per heavy atom. The third kappa shape index (κ3) is 6.15. The summed E-state index contributed by atoms with van der Waals surface area (Å²) in [7, 11) is 0. The molecule has 152 valence electrons. The predicted octanol–water partition coefficient (Wildman–Crippen LogP) is -0.284. The van der Waals surface area contributed by atoms with Gasteiger partial charge in [-0.3, -0.25) is 4.79 Å². The summed E-state index contributed by atoms with van der Waals surface area (Å²) in [6, 6.07) is 5.75. The van der Waals surface area contributed by atoms with Gasteiger partial charge in [0, 0.05) is 6.04 Å². The lowest BCUT2D eigenvalue weighted by molar-refractivity contribution is -0.189. The fourth-order valence-corrected chi connectivity index (χ4v) is 3.16. The topological polar surface area (TPSA) is 128 Å². The van der Waals surface area contributed by atoms with Crippen LogP contribution in [0.4, 0.5) is 0 Å². The molecular formula is C19H29NO7. The average Bonchev–Trinajstić information content (AvgIpc) is 2.63. The first-order valence-electron chi connectivity index (χ1n) is 9.18.